The number of unbranched alkanes of at least 4 members (excludes halogenated alkanes) is 22. The van der Waals surface area contributed by atoms with Crippen molar-refractivity contribution >= 4 is 11.9 Å². The number of quaternary nitrogens is 1. The highest BCUT2D eigenvalue weighted by atomic mass is 16.5. The van der Waals surface area contributed by atoms with E-state index in [1.165, 1.54) is 128 Å². The van der Waals surface area contributed by atoms with Crippen molar-refractivity contribution in [2.45, 2.75) is 194 Å². The van der Waals surface area contributed by atoms with Crippen LogP contribution in [0.3, 0.4) is 0 Å². The molecule has 49 heavy (non-hydrogen) atoms. The summed E-state index contributed by atoms with van der Waals surface area (Å²) in [7, 11) is 2.01. The minimum absolute atomic E-state index is 0.0394. The second kappa shape index (κ2) is 37.6. The summed E-state index contributed by atoms with van der Waals surface area (Å²) in [5, 5.41) is 9.58. The van der Waals surface area contributed by atoms with Gasteiger partial charge in [0.15, 0.2) is 0 Å². The number of likely N-dealkylation sites (N-methyl/N-ethyl adjacent to an activating group) is 1. The zero-order valence-corrected chi connectivity index (χ0v) is 32.9. The predicted molar refractivity (Wildman–Crippen MR) is 209 cm³/mol. The zero-order valence-electron chi connectivity index (χ0n) is 32.9. The zero-order chi connectivity index (χ0) is 35.9. The average molecular weight is 693 g/mol. The second-order valence-corrected chi connectivity index (χ2v) is 14.6. The van der Waals surface area contributed by atoms with Crippen molar-refractivity contribution in [1.29, 1.82) is 0 Å². The molecule has 0 heterocycles. The topological polar surface area (TPSA) is 72.8 Å². The Bertz CT molecular complexity index is 722. The quantitative estimate of drug-likeness (QED) is 0.0302. The predicted octanol–water partition coefficient (Wildman–Crippen LogP) is 11.6. The van der Waals surface area contributed by atoms with Crippen molar-refractivity contribution in [1.82, 2.24) is 0 Å². The third-order valence-corrected chi connectivity index (χ3v) is 9.71. The van der Waals surface area contributed by atoms with Crippen LogP contribution in [0.2, 0.25) is 0 Å². The first-order valence-electron chi connectivity index (χ1n) is 21.0. The molecule has 0 amide bonds. The maximum Gasteiger partial charge on any atom is 0.305 e. The Balaban J connectivity index is 3.78. The van der Waals surface area contributed by atoms with E-state index in [4.69, 9.17) is 9.47 Å². The molecule has 0 aliphatic heterocycles. The number of rotatable bonds is 38. The van der Waals surface area contributed by atoms with E-state index in [2.05, 4.69) is 38.2 Å². The fourth-order valence-electron chi connectivity index (χ4n) is 6.16. The van der Waals surface area contributed by atoms with Gasteiger partial charge in [0.2, 0.25) is 0 Å². The lowest BCUT2D eigenvalue weighted by Gasteiger charge is -2.33. The molecule has 0 radical (unpaired) electrons. The monoisotopic (exact) mass is 693 g/mol. The maximum absolute atomic E-state index is 12.2. The minimum Gasteiger partial charge on any atom is -0.460 e. The first-order valence-corrected chi connectivity index (χ1v) is 21.0. The molecule has 0 rings (SSSR count). The Kier molecular flexibility index (Phi) is 36.3. The average Bonchev–Trinajstić information content (AvgIpc) is 3.08. The Labute approximate surface area is 304 Å². The maximum atomic E-state index is 12.2. The van der Waals surface area contributed by atoms with Crippen molar-refractivity contribution < 1.29 is 28.7 Å². The molecule has 0 saturated carbocycles. The molecule has 0 unspecified atom stereocenters. The highest BCUT2D eigenvalue weighted by molar-refractivity contribution is 5.69. The molecule has 288 valence electrons. The molecule has 0 aromatic heterocycles. The Morgan fingerprint density at radius 3 is 1.10 bits per heavy atom. The van der Waals surface area contributed by atoms with Gasteiger partial charge < -0.3 is 19.1 Å². The van der Waals surface area contributed by atoms with E-state index >= 15 is 0 Å². The molecule has 6 nitrogen and oxygen atoms in total. The normalized spacial score (nSPS) is 12.0. The molecule has 0 aromatic rings. The van der Waals surface area contributed by atoms with Crippen LogP contribution in [0.25, 0.3) is 0 Å². The molecule has 0 bridgehead atoms. The first kappa shape index (κ1) is 47.3. The molecule has 1 N–H and O–H groups in total. The third-order valence-electron chi connectivity index (χ3n) is 9.71. The largest absolute Gasteiger partial charge is 0.460 e. The van der Waals surface area contributed by atoms with Crippen LogP contribution in [0.15, 0.2) is 24.3 Å². The molecular formula is C43H82NO5+. The summed E-state index contributed by atoms with van der Waals surface area (Å²) >= 11 is 0. The molecule has 0 aromatic carbocycles. The lowest BCUT2D eigenvalue weighted by atomic mass is 10.1. The SMILES string of the molecule is CCCCCCCCCCC/C=C/CCCCC(=O)OCC[N+](C)(CCO)CCOC(=O)CCCC/C=C/CCCCCCCCCCC. The summed E-state index contributed by atoms with van der Waals surface area (Å²) in [5.74, 6) is -0.307. The summed E-state index contributed by atoms with van der Waals surface area (Å²) in [6.45, 7) is 6.93. The highest BCUT2D eigenvalue weighted by Gasteiger charge is 2.22. The van der Waals surface area contributed by atoms with Gasteiger partial charge in [0.25, 0.3) is 0 Å². The van der Waals surface area contributed by atoms with Gasteiger partial charge in [-0.2, -0.15) is 0 Å². The van der Waals surface area contributed by atoms with Gasteiger partial charge in [0.1, 0.15) is 32.8 Å². The van der Waals surface area contributed by atoms with Crippen LogP contribution in [0.5, 0.6) is 0 Å². The van der Waals surface area contributed by atoms with E-state index in [0.29, 0.717) is 50.2 Å². The van der Waals surface area contributed by atoms with Gasteiger partial charge in [0, 0.05) is 12.8 Å². The number of esters is 2. The van der Waals surface area contributed by atoms with E-state index in [1.807, 2.05) is 7.05 Å². The van der Waals surface area contributed by atoms with E-state index in [0.717, 1.165) is 38.5 Å². The number of allylic oxidation sites excluding steroid dienone is 4. The van der Waals surface area contributed by atoms with Crippen molar-refractivity contribution in [3.05, 3.63) is 24.3 Å². The number of hydrogen-bond donors (Lipinski definition) is 1. The van der Waals surface area contributed by atoms with Gasteiger partial charge >= 0.3 is 11.9 Å². The molecule has 0 aliphatic rings. The minimum atomic E-state index is -0.154. The van der Waals surface area contributed by atoms with Crippen LogP contribution in [0.4, 0.5) is 0 Å². The smallest absolute Gasteiger partial charge is 0.305 e. The Morgan fingerprint density at radius 2 is 0.776 bits per heavy atom. The summed E-state index contributed by atoms with van der Waals surface area (Å²) in [6.07, 6.45) is 42.6. The number of nitrogens with zero attached hydrogens (tertiary/aromatic N) is 1. The number of aliphatic hydroxyl groups is 1. The van der Waals surface area contributed by atoms with E-state index < -0.39 is 0 Å². The number of aliphatic hydroxyl groups excluding tert-OH is 1. The van der Waals surface area contributed by atoms with E-state index in [1.54, 1.807) is 0 Å². The van der Waals surface area contributed by atoms with Crippen LogP contribution in [0, 0.1) is 0 Å². The van der Waals surface area contributed by atoms with E-state index in [9.17, 15) is 14.7 Å². The summed E-state index contributed by atoms with van der Waals surface area (Å²) < 4.78 is 11.5. The van der Waals surface area contributed by atoms with Crippen molar-refractivity contribution in [2.24, 2.45) is 0 Å². The highest BCUT2D eigenvalue weighted by Crippen LogP contribution is 2.13. The molecule has 0 aliphatic carbocycles. The van der Waals surface area contributed by atoms with Crippen LogP contribution in [0.1, 0.15) is 194 Å². The van der Waals surface area contributed by atoms with Gasteiger partial charge in [-0.25, -0.2) is 0 Å². The third kappa shape index (κ3) is 36.0. The summed E-state index contributed by atoms with van der Waals surface area (Å²) in [5.41, 5.74) is 0. The standard InChI is InChI=1S/C43H82NO5/c1-4-6-8-10-12-14-16-18-20-22-24-26-28-30-32-34-42(46)48-40-37-44(3,36-39-45)38-41-49-43(47)35-33-31-29-27-25-23-21-19-17-15-13-11-9-7-5-2/h24-27,45H,4-23,28-41H2,1-3H3/q+1/b26-24+,27-25+. The van der Waals surface area contributed by atoms with Gasteiger partial charge in [-0.15, -0.1) is 0 Å². The summed E-state index contributed by atoms with van der Waals surface area (Å²) in [4.78, 5) is 24.5. The lowest BCUT2D eigenvalue weighted by Crippen LogP contribution is -2.50. The first-order chi connectivity index (χ1) is 24.0. The van der Waals surface area contributed by atoms with Gasteiger partial charge in [0.05, 0.1) is 13.7 Å². The van der Waals surface area contributed by atoms with Crippen LogP contribution in [-0.4, -0.2) is 68.0 Å². The van der Waals surface area contributed by atoms with Gasteiger partial charge in [-0.3, -0.25) is 9.59 Å². The summed E-state index contributed by atoms with van der Waals surface area (Å²) in [6, 6.07) is 0. The van der Waals surface area contributed by atoms with Crippen molar-refractivity contribution in [3.8, 4) is 0 Å². The van der Waals surface area contributed by atoms with Crippen LogP contribution < -0.4 is 0 Å². The van der Waals surface area contributed by atoms with Crippen LogP contribution in [-0.2, 0) is 19.1 Å². The lowest BCUT2D eigenvalue weighted by molar-refractivity contribution is -0.910. The van der Waals surface area contributed by atoms with Gasteiger partial charge in [-0.05, 0) is 64.2 Å². The van der Waals surface area contributed by atoms with Crippen molar-refractivity contribution in [3.63, 3.8) is 0 Å². The molecule has 0 saturated heterocycles. The number of hydrogen-bond acceptors (Lipinski definition) is 5. The fourth-order valence-corrected chi connectivity index (χ4v) is 6.16. The second-order valence-electron chi connectivity index (χ2n) is 14.6. The van der Waals surface area contributed by atoms with E-state index in [-0.39, 0.29) is 18.5 Å². The van der Waals surface area contributed by atoms with Crippen molar-refractivity contribution in [2.75, 3.05) is 46.5 Å². The fraction of sp³-hybridized carbons (Fsp3) is 0.860. The molecule has 0 fully saturated rings. The Morgan fingerprint density at radius 1 is 0.469 bits per heavy atom. The molecule has 0 atom stereocenters. The number of ether oxygens (including phenoxy) is 2. The van der Waals surface area contributed by atoms with Gasteiger partial charge in [-0.1, -0.05) is 141 Å². The van der Waals surface area contributed by atoms with Crippen LogP contribution >= 0.6 is 0 Å². The molecule has 6 heteroatoms. The Hall–Kier alpha value is -1.66. The molecule has 0 spiro atoms. The molecular weight excluding hydrogens is 610 g/mol. The number of carbonyl (C=O) groups excluding carboxylic acids is 2. The number of carbonyl (C=O) groups is 2.